The van der Waals surface area contributed by atoms with Crippen LogP contribution in [0.4, 0.5) is 13.2 Å². The molecule has 0 unspecified atom stereocenters. The molecule has 0 aliphatic carbocycles. The molecule has 9 heteroatoms. The van der Waals surface area contributed by atoms with Gasteiger partial charge in [0.1, 0.15) is 17.1 Å². The first-order valence-electron chi connectivity index (χ1n) is 7.01. The van der Waals surface area contributed by atoms with Gasteiger partial charge in [0.15, 0.2) is 6.61 Å². The van der Waals surface area contributed by atoms with Crippen LogP contribution in [0, 0.1) is 0 Å². The minimum Gasteiger partial charge on any atom is -0.483 e. The van der Waals surface area contributed by atoms with E-state index in [0.29, 0.717) is 21.8 Å². The molecule has 5 nitrogen and oxygen atoms in total. The van der Waals surface area contributed by atoms with Gasteiger partial charge in [0, 0.05) is 23.5 Å². The fraction of sp³-hybridized carbons (Fsp3) is 0.125. The third-order valence-corrected chi connectivity index (χ3v) is 3.55. The summed E-state index contributed by atoms with van der Waals surface area (Å²) in [7, 11) is 0. The van der Waals surface area contributed by atoms with Crippen LogP contribution in [0.3, 0.4) is 0 Å². The standard InChI is InChI=1S/C16H11ClF3N3O2/c17-9-5-11(15-22-12(14(21)24)7-23(15)6-9)10-3-1-2-4-13(10)25-8-16(18,19)20/h1-7H,8H2,(H2,21,24). The number of hydrogen-bond donors (Lipinski definition) is 1. The number of fused-ring (bicyclic) bond motifs is 1. The normalized spacial score (nSPS) is 11.7. The van der Waals surface area contributed by atoms with E-state index in [0.717, 1.165) is 0 Å². The van der Waals surface area contributed by atoms with Gasteiger partial charge in [-0.1, -0.05) is 29.8 Å². The van der Waals surface area contributed by atoms with Crippen LogP contribution in [-0.4, -0.2) is 28.1 Å². The summed E-state index contributed by atoms with van der Waals surface area (Å²) in [5.74, 6) is -0.708. The predicted octanol–water partition coefficient (Wildman–Crippen LogP) is 3.69. The smallest absolute Gasteiger partial charge is 0.422 e. The Morgan fingerprint density at radius 2 is 1.96 bits per heavy atom. The first-order valence-corrected chi connectivity index (χ1v) is 7.39. The number of imidazole rings is 1. The molecule has 0 aliphatic rings. The summed E-state index contributed by atoms with van der Waals surface area (Å²) in [6, 6.07) is 7.72. The number of carbonyl (C=O) groups is 1. The summed E-state index contributed by atoms with van der Waals surface area (Å²) in [6.07, 6.45) is -1.56. The molecule has 25 heavy (non-hydrogen) atoms. The third-order valence-electron chi connectivity index (χ3n) is 3.34. The zero-order valence-corrected chi connectivity index (χ0v) is 13.3. The highest BCUT2D eigenvalue weighted by Gasteiger charge is 2.29. The van der Waals surface area contributed by atoms with Crippen LogP contribution in [-0.2, 0) is 0 Å². The molecule has 1 amide bonds. The second-order valence-electron chi connectivity index (χ2n) is 5.19. The van der Waals surface area contributed by atoms with E-state index in [1.807, 2.05) is 0 Å². The quantitative estimate of drug-likeness (QED) is 0.762. The Morgan fingerprint density at radius 3 is 2.64 bits per heavy atom. The number of carbonyl (C=O) groups excluding carboxylic acids is 1. The highest BCUT2D eigenvalue weighted by atomic mass is 35.5. The average Bonchev–Trinajstić information content (AvgIpc) is 2.96. The maximum atomic E-state index is 12.5. The van der Waals surface area contributed by atoms with Crippen LogP contribution in [0.25, 0.3) is 16.8 Å². The lowest BCUT2D eigenvalue weighted by Crippen LogP contribution is -2.19. The molecular weight excluding hydrogens is 359 g/mol. The number of nitrogens with two attached hydrogens (primary N) is 1. The minimum atomic E-state index is -4.47. The lowest BCUT2D eigenvalue weighted by molar-refractivity contribution is -0.153. The number of nitrogens with zero attached hydrogens (tertiary/aromatic N) is 2. The van der Waals surface area contributed by atoms with Crippen LogP contribution in [0.5, 0.6) is 5.75 Å². The van der Waals surface area contributed by atoms with Crippen LogP contribution in [0.2, 0.25) is 5.02 Å². The molecule has 0 fully saturated rings. The van der Waals surface area contributed by atoms with Crippen molar-refractivity contribution in [1.29, 1.82) is 0 Å². The molecule has 2 aromatic heterocycles. The molecule has 130 valence electrons. The number of pyridine rings is 1. The van der Waals surface area contributed by atoms with Gasteiger partial charge in [-0.2, -0.15) is 13.2 Å². The van der Waals surface area contributed by atoms with Gasteiger partial charge in [0.25, 0.3) is 5.91 Å². The molecule has 3 rings (SSSR count). The topological polar surface area (TPSA) is 69.6 Å². The van der Waals surface area contributed by atoms with Crippen molar-refractivity contribution in [3.8, 4) is 16.9 Å². The van der Waals surface area contributed by atoms with E-state index >= 15 is 0 Å². The summed E-state index contributed by atoms with van der Waals surface area (Å²) < 4.78 is 43.8. The molecule has 1 aromatic carbocycles. The van der Waals surface area contributed by atoms with Gasteiger partial charge in [-0.3, -0.25) is 4.79 Å². The van der Waals surface area contributed by atoms with Crippen LogP contribution < -0.4 is 10.5 Å². The summed E-state index contributed by atoms with van der Waals surface area (Å²) in [4.78, 5) is 15.5. The van der Waals surface area contributed by atoms with Crippen molar-refractivity contribution < 1.29 is 22.7 Å². The number of benzene rings is 1. The largest absolute Gasteiger partial charge is 0.483 e. The number of para-hydroxylation sites is 1. The fourth-order valence-corrected chi connectivity index (χ4v) is 2.57. The molecule has 0 saturated carbocycles. The van der Waals surface area contributed by atoms with Gasteiger partial charge >= 0.3 is 6.18 Å². The van der Waals surface area contributed by atoms with Crippen molar-refractivity contribution in [2.45, 2.75) is 6.18 Å². The van der Waals surface area contributed by atoms with Crippen LogP contribution in [0.1, 0.15) is 10.5 Å². The number of alkyl halides is 3. The van der Waals surface area contributed by atoms with Crippen LogP contribution in [0.15, 0.2) is 42.7 Å². The van der Waals surface area contributed by atoms with Crippen molar-refractivity contribution in [3.63, 3.8) is 0 Å². The Hall–Kier alpha value is -2.74. The number of rotatable bonds is 4. The van der Waals surface area contributed by atoms with Gasteiger partial charge in [0.05, 0.1) is 5.02 Å². The lowest BCUT2D eigenvalue weighted by atomic mass is 10.1. The lowest BCUT2D eigenvalue weighted by Gasteiger charge is -2.14. The first kappa shape index (κ1) is 17.1. The van der Waals surface area contributed by atoms with Gasteiger partial charge in [-0.05, 0) is 12.1 Å². The summed E-state index contributed by atoms with van der Waals surface area (Å²) in [5.41, 5.74) is 6.34. The Balaban J connectivity index is 2.15. The van der Waals surface area contributed by atoms with Gasteiger partial charge < -0.3 is 14.9 Å². The molecular formula is C16H11ClF3N3O2. The zero-order chi connectivity index (χ0) is 18.2. The Morgan fingerprint density at radius 1 is 1.24 bits per heavy atom. The molecule has 0 spiro atoms. The van der Waals surface area contributed by atoms with E-state index in [2.05, 4.69) is 4.98 Å². The molecule has 0 bridgehead atoms. The number of hydrogen-bond acceptors (Lipinski definition) is 3. The number of ether oxygens (including phenoxy) is 1. The predicted molar refractivity (Wildman–Crippen MR) is 85.7 cm³/mol. The Bertz CT molecular complexity index is 953. The van der Waals surface area contributed by atoms with E-state index in [1.165, 1.54) is 28.9 Å². The molecule has 2 N–H and O–H groups in total. The maximum Gasteiger partial charge on any atom is 0.422 e. The molecule has 0 atom stereocenters. The summed E-state index contributed by atoms with van der Waals surface area (Å²) >= 11 is 6.08. The van der Waals surface area contributed by atoms with E-state index in [9.17, 15) is 18.0 Å². The summed E-state index contributed by atoms with van der Waals surface area (Å²) in [5, 5.41) is 0.307. The van der Waals surface area contributed by atoms with Gasteiger partial charge in [-0.15, -0.1) is 0 Å². The number of aromatic nitrogens is 2. The van der Waals surface area contributed by atoms with Crippen LogP contribution >= 0.6 is 11.6 Å². The van der Waals surface area contributed by atoms with Crippen molar-refractivity contribution in [3.05, 3.63) is 53.4 Å². The zero-order valence-electron chi connectivity index (χ0n) is 12.5. The number of amides is 1. The number of halogens is 4. The van der Waals surface area contributed by atoms with E-state index in [1.54, 1.807) is 18.2 Å². The highest BCUT2D eigenvalue weighted by Crippen LogP contribution is 2.35. The van der Waals surface area contributed by atoms with Crippen molar-refractivity contribution in [2.24, 2.45) is 5.73 Å². The molecule has 3 aromatic rings. The number of primary amides is 1. The van der Waals surface area contributed by atoms with Crippen molar-refractivity contribution in [1.82, 2.24) is 9.38 Å². The average molecular weight is 370 g/mol. The first-order chi connectivity index (χ1) is 11.7. The van der Waals surface area contributed by atoms with Crippen molar-refractivity contribution in [2.75, 3.05) is 6.61 Å². The monoisotopic (exact) mass is 369 g/mol. The Kier molecular flexibility index (Phi) is 4.30. The SMILES string of the molecule is NC(=O)c1cn2cc(Cl)cc(-c3ccccc3OCC(F)(F)F)c2n1. The second kappa shape index (κ2) is 6.29. The van der Waals surface area contributed by atoms with Gasteiger partial charge in [-0.25, -0.2) is 4.98 Å². The maximum absolute atomic E-state index is 12.5. The van der Waals surface area contributed by atoms with E-state index in [-0.39, 0.29) is 11.4 Å². The second-order valence-corrected chi connectivity index (χ2v) is 5.63. The fourth-order valence-electron chi connectivity index (χ4n) is 2.36. The molecule has 0 saturated heterocycles. The third kappa shape index (κ3) is 3.69. The van der Waals surface area contributed by atoms with Crippen molar-refractivity contribution >= 4 is 23.2 Å². The molecule has 0 aliphatic heterocycles. The van der Waals surface area contributed by atoms with E-state index in [4.69, 9.17) is 22.1 Å². The Labute approximate surface area is 144 Å². The molecule has 0 radical (unpaired) electrons. The van der Waals surface area contributed by atoms with Gasteiger partial charge in [0.2, 0.25) is 0 Å². The highest BCUT2D eigenvalue weighted by molar-refractivity contribution is 6.31. The van der Waals surface area contributed by atoms with E-state index < -0.39 is 18.7 Å². The molecule has 2 heterocycles. The summed E-state index contributed by atoms with van der Waals surface area (Å²) in [6.45, 7) is -1.43. The minimum absolute atomic E-state index is 0.0113.